The number of nitrogens with one attached hydrogen (secondary N) is 1. The van der Waals surface area contributed by atoms with E-state index in [4.69, 9.17) is 4.42 Å². The van der Waals surface area contributed by atoms with Crippen LogP contribution in [-0.4, -0.2) is 75.0 Å². The van der Waals surface area contributed by atoms with Crippen molar-refractivity contribution in [2.45, 2.75) is 6.42 Å². The number of benzene rings is 1. The monoisotopic (exact) mass is 401 g/mol. The fourth-order valence-corrected chi connectivity index (χ4v) is 3.17. The van der Waals surface area contributed by atoms with E-state index in [0.29, 0.717) is 44.4 Å². The molecule has 2 heterocycles. The van der Waals surface area contributed by atoms with E-state index in [-0.39, 0.29) is 18.3 Å². The van der Waals surface area contributed by atoms with E-state index in [1.165, 1.54) is 11.0 Å². The Balaban J connectivity index is 1.61. The van der Waals surface area contributed by atoms with E-state index in [9.17, 15) is 9.18 Å². The lowest BCUT2D eigenvalue weighted by Crippen LogP contribution is -2.53. The summed E-state index contributed by atoms with van der Waals surface area (Å²) < 4.78 is 19.4. The number of amides is 1. The van der Waals surface area contributed by atoms with Gasteiger partial charge < -0.3 is 24.4 Å². The number of guanidine groups is 1. The average Bonchev–Trinajstić information content (AvgIpc) is 3.24. The van der Waals surface area contributed by atoms with Gasteiger partial charge >= 0.3 is 0 Å². The molecule has 1 aliphatic rings. The van der Waals surface area contributed by atoms with Crippen molar-refractivity contribution < 1.29 is 13.6 Å². The normalized spacial score (nSPS) is 14.8. The van der Waals surface area contributed by atoms with E-state index < -0.39 is 0 Å². The van der Waals surface area contributed by atoms with E-state index in [1.807, 2.05) is 23.1 Å². The zero-order valence-corrected chi connectivity index (χ0v) is 17.0. The number of hydrogen-bond donors (Lipinski definition) is 1. The Morgan fingerprint density at radius 3 is 2.59 bits per heavy atom. The van der Waals surface area contributed by atoms with Gasteiger partial charge in [0.1, 0.15) is 18.1 Å². The van der Waals surface area contributed by atoms with Crippen LogP contribution in [0.1, 0.15) is 5.76 Å². The summed E-state index contributed by atoms with van der Waals surface area (Å²) in [5, 5.41) is 3.34. The summed E-state index contributed by atoms with van der Waals surface area (Å²) in [5.41, 5.74) is 0.624. The molecule has 156 valence electrons. The fourth-order valence-electron chi connectivity index (χ4n) is 3.17. The summed E-state index contributed by atoms with van der Waals surface area (Å²) in [6, 6.07) is 10.6. The molecule has 7 nitrogen and oxygen atoms in total. The lowest BCUT2D eigenvalue weighted by Gasteiger charge is -2.37. The van der Waals surface area contributed by atoms with Gasteiger partial charge in [-0.05, 0) is 24.3 Å². The molecule has 1 aromatic heterocycles. The number of likely N-dealkylation sites (N-methyl/N-ethyl adjacent to an activating group) is 1. The molecule has 29 heavy (non-hydrogen) atoms. The van der Waals surface area contributed by atoms with Crippen molar-refractivity contribution >= 4 is 17.6 Å². The summed E-state index contributed by atoms with van der Waals surface area (Å²) in [4.78, 5) is 22.2. The van der Waals surface area contributed by atoms with E-state index >= 15 is 0 Å². The van der Waals surface area contributed by atoms with Crippen LogP contribution in [0, 0.1) is 5.82 Å². The first kappa shape index (κ1) is 20.7. The lowest BCUT2D eigenvalue weighted by atomic mass is 10.2. The van der Waals surface area contributed by atoms with Crippen molar-refractivity contribution in [3.05, 3.63) is 54.2 Å². The van der Waals surface area contributed by atoms with E-state index in [0.717, 1.165) is 12.2 Å². The summed E-state index contributed by atoms with van der Waals surface area (Å²) in [6.07, 6.45) is 2.38. The number of piperazine rings is 1. The minimum Gasteiger partial charge on any atom is -0.469 e. The topological polar surface area (TPSA) is 64.3 Å². The lowest BCUT2D eigenvalue weighted by molar-refractivity contribution is -0.127. The Labute approximate surface area is 170 Å². The molecule has 0 unspecified atom stereocenters. The van der Waals surface area contributed by atoms with Crippen LogP contribution < -0.4 is 10.2 Å². The molecule has 0 aliphatic carbocycles. The summed E-state index contributed by atoms with van der Waals surface area (Å²) in [6.45, 7) is 3.48. The number of halogens is 1. The molecule has 1 fully saturated rings. The molecule has 0 bridgehead atoms. The molecule has 3 rings (SSSR count). The highest BCUT2D eigenvalue weighted by Gasteiger charge is 2.22. The molecule has 0 radical (unpaired) electrons. The first-order valence-electron chi connectivity index (χ1n) is 9.80. The summed E-state index contributed by atoms with van der Waals surface area (Å²) in [7, 11) is 3.43. The van der Waals surface area contributed by atoms with Crippen LogP contribution in [0.4, 0.5) is 10.1 Å². The number of carbonyl (C=O) groups is 1. The van der Waals surface area contributed by atoms with Gasteiger partial charge in [-0.2, -0.15) is 0 Å². The highest BCUT2D eigenvalue weighted by molar-refractivity contribution is 5.85. The predicted octanol–water partition coefficient (Wildman–Crippen LogP) is 1.82. The molecule has 8 heteroatoms. The van der Waals surface area contributed by atoms with E-state index in [2.05, 4.69) is 15.2 Å². The Hall–Kier alpha value is -3.03. The molecule has 1 N–H and O–H groups in total. The van der Waals surface area contributed by atoms with Crippen LogP contribution in [0.2, 0.25) is 0 Å². The number of rotatable bonds is 6. The quantitative estimate of drug-likeness (QED) is 0.591. The molecular weight excluding hydrogens is 373 g/mol. The SMILES string of the molecule is CN(C)C(=O)CN=C(NCCc1ccco1)N1CCN(c2ccccc2F)CC1. The number of para-hydroxylation sites is 1. The van der Waals surface area contributed by atoms with Gasteiger partial charge in [0.05, 0.1) is 12.0 Å². The van der Waals surface area contributed by atoms with E-state index in [1.54, 1.807) is 32.5 Å². The van der Waals surface area contributed by atoms with Crippen molar-refractivity contribution in [3.63, 3.8) is 0 Å². The van der Waals surface area contributed by atoms with Crippen molar-refractivity contribution in [2.24, 2.45) is 4.99 Å². The van der Waals surface area contributed by atoms with Crippen LogP contribution in [0.25, 0.3) is 0 Å². The molecule has 1 aliphatic heterocycles. The van der Waals surface area contributed by atoms with Gasteiger partial charge in [-0.25, -0.2) is 9.38 Å². The third-order valence-electron chi connectivity index (χ3n) is 4.87. The van der Waals surface area contributed by atoms with Crippen LogP contribution in [0.5, 0.6) is 0 Å². The molecule has 1 aromatic carbocycles. The van der Waals surface area contributed by atoms with Gasteiger partial charge in [-0.3, -0.25) is 4.79 Å². The zero-order valence-electron chi connectivity index (χ0n) is 17.0. The Morgan fingerprint density at radius 2 is 1.93 bits per heavy atom. The maximum atomic E-state index is 14.1. The second kappa shape index (κ2) is 9.95. The first-order valence-corrected chi connectivity index (χ1v) is 9.80. The van der Waals surface area contributed by atoms with Crippen molar-refractivity contribution in [2.75, 3.05) is 58.3 Å². The number of anilines is 1. The summed E-state index contributed by atoms with van der Waals surface area (Å²) in [5.74, 6) is 1.33. The Kier molecular flexibility index (Phi) is 7.10. The van der Waals surface area contributed by atoms with Crippen molar-refractivity contribution in [1.82, 2.24) is 15.1 Å². The minimum atomic E-state index is -0.206. The second-order valence-corrected chi connectivity index (χ2v) is 7.11. The molecule has 2 aromatic rings. The third kappa shape index (κ3) is 5.73. The van der Waals surface area contributed by atoms with Crippen LogP contribution >= 0.6 is 0 Å². The molecule has 0 saturated carbocycles. The number of furan rings is 1. The zero-order chi connectivity index (χ0) is 20.6. The average molecular weight is 401 g/mol. The van der Waals surface area contributed by atoms with Gasteiger partial charge in [-0.15, -0.1) is 0 Å². The number of nitrogens with zero attached hydrogens (tertiary/aromatic N) is 4. The van der Waals surface area contributed by atoms with Gasteiger partial charge in [0, 0.05) is 53.2 Å². The Morgan fingerprint density at radius 1 is 1.17 bits per heavy atom. The van der Waals surface area contributed by atoms with Gasteiger partial charge in [0.25, 0.3) is 0 Å². The second-order valence-electron chi connectivity index (χ2n) is 7.11. The molecular formula is C21H28FN5O2. The molecule has 1 saturated heterocycles. The number of carbonyl (C=O) groups excluding carboxylic acids is 1. The molecule has 1 amide bonds. The van der Waals surface area contributed by atoms with Gasteiger partial charge in [0.15, 0.2) is 5.96 Å². The van der Waals surface area contributed by atoms with Crippen molar-refractivity contribution in [1.29, 1.82) is 0 Å². The highest BCUT2D eigenvalue weighted by Crippen LogP contribution is 2.20. The Bertz CT molecular complexity index is 814. The number of hydrogen-bond acceptors (Lipinski definition) is 4. The van der Waals surface area contributed by atoms with Crippen molar-refractivity contribution in [3.8, 4) is 0 Å². The minimum absolute atomic E-state index is 0.0553. The molecule has 0 spiro atoms. The standard InChI is InChI=1S/C21H28FN5O2/c1-25(2)20(28)16-24-21(23-10-9-17-6-5-15-29-17)27-13-11-26(12-14-27)19-8-4-3-7-18(19)22/h3-8,15H,9-14,16H2,1-2H3,(H,23,24). The highest BCUT2D eigenvalue weighted by atomic mass is 19.1. The van der Waals surface area contributed by atoms with Gasteiger partial charge in [-0.1, -0.05) is 12.1 Å². The largest absolute Gasteiger partial charge is 0.469 e. The third-order valence-corrected chi connectivity index (χ3v) is 4.87. The fraction of sp³-hybridized carbons (Fsp3) is 0.429. The first-order chi connectivity index (χ1) is 14.0. The van der Waals surface area contributed by atoms with Gasteiger partial charge in [0.2, 0.25) is 5.91 Å². The van der Waals surface area contributed by atoms with Crippen LogP contribution in [0.15, 0.2) is 52.1 Å². The summed E-state index contributed by atoms with van der Waals surface area (Å²) >= 11 is 0. The smallest absolute Gasteiger partial charge is 0.243 e. The molecule has 0 atom stereocenters. The van der Waals surface area contributed by atoms with Crippen LogP contribution in [0.3, 0.4) is 0 Å². The maximum absolute atomic E-state index is 14.1. The predicted molar refractivity (Wildman–Crippen MR) is 112 cm³/mol. The maximum Gasteiger partial charge on any atom is 0.243 e. The van der Waals surface area contributed by atoms with Crippen LogP contribution in [-0.2, 0) is 11.2 Å². The number of aliphatic imine (C=N–C) groups is 1.